The van der Waals surface area contributed by atoms with Gasteiger partial charge in [0.2, 0.25) is 11.8 Å². The van der Waals surface area contributed by atoms with Crippen LogP contribution in [0, 0.1) is 11.3 Å². The highest BCUT2D eigenvalue weighted by Gasteiger charge is 2.32. The molecular weight excluding hydrogens is 608 g/mol. The van der Waals surface area contributed by atoms with E-state index < -0.39 is 11.9 Å². The Morgan fingerprint density at radius 1 is 1.02 bits per heavy atom. The third-order valence-corrected chi connectivity index (χ3v) is 10.4. The lowest BCUT2D eigenvalue weighted by Gasteiger charge is -2.41. The number of hydrogen-bond acceptors (Lipinski definition) is 9. The summed E-state index contributed by atoms with van der Waals surface area (Å²) in [5.74, 6) is 0.0995. The van der Waals surface area contributed by atoms with Crippen LogP contribution in [-0.2, 0) is 27.8 Å². The van der Waals surface area contributed by atoms with Crippen LogP contribution in [0.5, 0.6) is 0 Å². The molecule has 4 aromatic rings. The van der Waals surface area contributed by atoms with Crippen molar-refractivity contribution in [2.45, 2.75) is 88.4 Å². The molecule has 48 heavy (non-hydrogen) atoms. The summed E-state index contributed by atoms with van der Waals surface area (Å²) in [7, 11) is 1.75. The van der Waals surface area contributed by atoms with E-state index in [9.17, 15) is 19.6 Å². The molecule has 7 rings (SSSR count). The van der Waals surface area contributed by atoms with Gasteiger partial charge in [0.05, 0.1) is 34.3 Å². The van der Waals surface area contributed by atoms with Crippen molar-refractivity contribution in [3.63, 3.8) is 0 Å². The number of aryl methyl sites for hydroxylation is 2. The van der Waals surface area contributed by atoms with Gasteiger partial charge < -0.3 is 15.0 Å². The molecule has 2 amide bonds. The topological polar surface area (TPSA) is 147 Å². The lowest BCUT2D eigenvalue weighted by Crippen LogP contribution is -2.46. The number of benzene rings is 2. The van der Waals surface area contributed by atoms with Gasteiger partial charge in [0.15, 0.2) is 0 Å². The number of rotatable bonds is 9. The number of para-hydroxylation sites is 1. The average molecular weight is 651 g/mol. The van der Waals surface area contributed by atoms with E-state index in [0.29, 0.717) is 30.7 Å². The highest BCUT2D eigenvalue weighted by Crippen LogP contribution is 2.30. The van der Waals surface area contributed by atoms with Gasteiger partial charge in [-0.05, 0) is 87.6 Å². The number of likely N-dealkylation sites (tertiary alicyclic amines) is 1. The molecule has 4 heterocycles. The van der Waals surface area contributed by atoms with Crippen LogP contribution < -0.4 is 16.3 Å². The Hall–Kier alpha value is -4.60. The first kappa shape index (κ1) is 32.0. The minimum absolute atomic E-state index is 0.225. The largest absolute Gasteiger partial charge is 0.378 e. The number of nitriles is 1. The molecule has 1 unspecified atom stereocenters. The van der Waals surface area contributed by atoms with Gasteiger partial charge in [-0.3, -0.25) is 24.0 Å². The van der Waals surface area contributed by atoms with Crippen LogP contribution in [0.25, 0.3) is 21.9 Å². The van der Waals surface area contributed by atoms with Crippen molar-refractivity contribution >= 4 is 39.6 Å². The standard InChI is InChI=1S/C36H42N8O4/c1-42-33-24(4-2-6-30(33)44(36(42)47)31-13-14-32(45)41-35(31)46)5-3-19-48-27-15-17-43(18-16-27)26-10-8-25(9-11-26)40-34-28-20-23(21-37)7-12-29(28)38-22-39-34/h2,4,6-7,12,20,22,25-27,31H,3,5,8-11,13-19H2,1H3,(H,38,39,40)(H,41,45,46)/t25-,26-,31?. The van der Waals surface area contributed by atoms with Gasteiger partial charge in [-0.2, -0.15) is 5.26 Å². The summed E-state index contributed by atoms with van der Waals surface area (Å²) in [5, 5.41) is 16.2. The molecule has 3 fully saturated rings. The third kappa shape index (κ3) is 6.44. The number of amides is 2. The van der Waals surface area contributed by atoms with E-state index in [1.54, 1.807) is 28.6 Å². The number of aromatic nitrogens is 4. The number of ether oxygens (including phenoxy) is 1. The zero-order valence-corrected chi connectivity index (χ0v) is 27.4. The number of nitrogens with zero attached hydrogens (tertiary/aromatic N) is 6. The van der Waals surface area contributed by atoms with Crippen LogP contribution in [0.2, 0.25) is 0 Å². The van der Waals surface area contributed by atoms with Crippen molar-refractivity contribution in [1.29, 1.82) is 5.26 Å². The minimum Gasteiger partial charge on any atom is -0.378 e. The number of imide groups is 1. The molecule has 2 saturated heterocycles. The molecule has 2 N–H and O–H groups in total. The van der Waals surface area contributed by atoms with Gasteiger partial charge in [-0.1, -0.05) is 12.1 Å². The highest BCUT2D eigenvalue weighted by molar-refractivity contribution is 6.00. The lowest BCUT2D eigenvalue weighted by atomic mass is 9.89. The molecule has 3 aliphatic rings. The van der Waals surface area contributed by atoms with Crippen LogP contribution in [0.3, 0.4) is 0 Å². The molecule has 0 bridgehead atoms. The fourth-order valence-electron chi connectivity index (χ4n) is 7.89. The number of carbonyl (C=O) groups excluding carboxylic acids is 2. The normalized spacial score (nSPS) is 22.5. The molecule has 2 aromatic heterocycles. The number of anilines is 1. The second kappa shape index (κ2) is 13.9. The van der Waals surface area contributed by atoms with Crippen LogP contribution >= 0.6 is 0 Å². The minimum atomic E-state index is -0.681. The Kier molecular flexibility index (Phi) is 9.23. The maximum atomic E-state index is 13.2. The van der Waals surface area contributed by atoms with E-state index in [1.807, 2.05) is 30.3 Å². The number of nitrogens with one attached hydrogen (secondary N) is 2. The molecule has 1 saturated carbocycles. The van der Waals surface area contributed by atoms with E-state index in [2.05, 4.69) is 31.6 Å². The summed E-state index contributed by atoms with van der Waals surface area (Å²) in [5.41, 5.74) is 3.83. The van der Waals surface area contributed by atoms with Crippen molar-refractivity contribution in [2.24, 2.45) is 7.05 Å². The van der Waals surface area contributed by atoms with E-state index >= 15 is 0 Å². The van der Waals surface area contributed by atoms with Crippen LogP contribution in [0.15, 0.2) is 47.5 Å². The fourth-order valence-corrected chi connectivity index (χ4v) is 7.89. The third-order valence-electron chi connectivity index (χ3n) is 10.4. The summed E-state index contributed by atoms with van der Waals surface area (Å²) in [6.45, 7) is 2.76. The molecule has 12 heteroatoms. The first-order valence-electron chi connectivity index (χ1n) is 17.2. The van der Waals surface area contributed by atoms with Gasteiger partial charge >= 0.3 is 5.69 Å². The summed E-state index contributed by atoms with van der Waals surface area (Å²) < 4.78 is 9.50. The first-order chi connectivity index (χ1) is 23.4. The monoisotopic (exact) mass is 650 g/mol. The molecule has 12 nitrogen and oxygen atoms in total. The molecule has 1 atom stereocenters. The molecule has 0 radical (unpaired) electrons. The number of fused-ring (bicyclic) bond motifs is 2. The Labute approximate surface area is 279 Å². The first-order valence-corrected chi connectivity index (χ1v) is 17.2. The van der Waals surface area contributed by atoms with Crippen LogP contribution in [-0.4, -0.2) is 73.7 Å². The maximum Gasteiger partial charge on any atom is 0.329 e. The average Bonchev–Trinajstić information content (AvgIpc) is 3.36. The maximum absolute atomic E-state index is 13.2. The van der Waals surface area contributed by atoms with Crippen molar-refractivity contribution in [1.82, 2.24) is 29.3 Å². The van der Waals surface area contributed by atoms with E-state index in [-0.39, 0.29) is 24.1 Å². The highest BCUT2D eigenvalue weighted by atomic mass is 16.5. The second-order valence-electron chi connectivity index (χ2n) is 13.4. The predicted octanol–water partition coefficient (Wildman–Crippen LogP) is 3.97. The van der Waals surface area contributed by atoms with Crippen molar-refractivity contribution in [2.75, 3.05) is 25.0 Å². The van der Waals surface area contributed by atoms with Crippen molar-refractivity contribution in [3.05, 3.63) is 64.3 Å². The molecule has 2 aliphatic heterocycles. The SMILES string of the molecule is Cn1c(=O)n(C2CCC(=O)NC2=O)c2cccc(CCCOC3CCN([C@H]4CC[C@H](Nc5ncnc6ccc(C#N)cc56)CC4)CC3)c21. The van der Waals surface area contributed by atoms with Crippen LogP contribution in [0.4, 0.5) is 5.82 Å². The quantitative estimate of drug-likeness (QED) is 0.203. The molecular formula is C36H42N8O4. The lowest BCUT2D eigenvalue weighted by molar-refractivity contribution is -0.135. The molecule has 1 aliphatic carbocycles. The van der Waals surface area contributed by atoms with Crippen molar-refractivity contribution in [3.8, 4) is 6.07 Å². The Morgan fingerprint density at radius 2 is 1.83 bits per heavy atom. The van der Waals surface area contributed by atoms with Gasteiger partial charge in [0, 0.05) is 50.6 Å². The van der Waals surface area contributed by atoms with Gasteiger partial charge in [-0.25, -0.2) is 14.8 Å². The molecule has 2 aromatic carbocycles. The zero-order chi connectivity index (χ0) is 33.2. The van der Waals surface area contributed by atoms with Gasteiger partial charge in [0.1, 0.15) is 18.2 Å². The van der Waals surface area contributed by atoms with E-state index in [4.69, 9.17) is 4.74 Å². The Bertz CT molecular complexity index is 1930. The van der Waals surface area contributed by atoms with Gasteiger partial charge in [0.25, 0.3) is 0 Å². The Morgan fingerprint density at radius 3 is 2.60 bits per heavy atom. The summed E-state index contributed by atoms with van der Waals surface area (Å²) in [4.78, 5) is 48.9. The van der Waals surface area contributed by atoms with Crippen LogP contribution in [0.1, 0.15) is 75.0 Å². The Balaban J connectivity index is 0.868. The molecule has 0 spiro atoms. The second-order valence-corrected chi connectivity index (χ2v) is 13.4. The van der Waals surface area contributed by atoms with Gasteiger partial charge in [-0.15, -0.1) is 0 Å². The summed E-state index contributed by atoms with van der Waals surface area (Å²) >= 11 is 0. The predicted molar refractivity (Wildman–Crippen MR) is 181 cm³/mol. The summed E-state index contributed by atoms with van der Waals surface area (Å²) in [6, 6.07) is 13.9. The smallest absolute Gasteiger partial charge is 0.329 e. The van der Waals surface area contributed by atoms with E-state index in [1.165, 1.54) is 0 Å². The summed E-state index contributed by atoms with van der Waals surface area (Å²) in [6.07, 6.45) is 10.5. The number of piperidine rings is 2. The fraction of sp³-hybridized carbons (Fsp3) is 0.500. The van der Waals surface area contributed by atoms with E-state index in [0.717, 1.165) is 97.8 Å². The number of carbonyl (C=O) groups is 2. The molecule has 250 valence electrons. The number of hydrogen-bond donors (Lipinski definition) is 2. The number of imidazole rings is 1. The zero-order valence-electron chi connectivity index (χ0n) is 27.4. The van der Waals surface area contributed by atoms with Crippen molar-refractivity contribution < 1.29 is 14.3 Å².